The summed E-state index contributed by atoms with van der Waals surface area (Å²) < 4.78 is 21.2. The largest absolute Gasteiger partial charge is 0.494 e. The maximum absolute atomic E-state index is 13.7. The number of aromatic nitrogens is 1. The smallest absolute Gasteiger partial charge is 0.323 e. The number of carboxylic acids is 2. The Kier molecular flexibility index (Phi) is 8.93. The monoisotopic (exact) mass is 515 g/mol. The van der Waals surface area contributed by atoms with Crippen LogP contribution in [-0.4, -0.2) is 33.3 Å². The fraction of sp³-hybridized carbons (Fsp3) is 0.226. The molecule has 0 fully saturated rings. The summed E-state index contributed by atoms with van der Waals surface area (Å²) >= 11 is 0. The fourth-order valence-electron chi connectivity index (χ4n) is 4.51. The molecule has 1 aromatic heterocycles. The molecular weight excluding hydrogens is 485 g/mol. The molecule has 0 radical (unpaired) electrons. The Hall–Kier alpha value is -4.39. The Morgan fingerprint density at radius 3 is 2.34 bits per heavy atom. The first-order valence-electron chi connectivity index (χ1n) is 12.6. The lowest BCUT2D eigenvalue weighted by molar-refractivity contribution is -0.138. The molecule has 4 rings (SSSR count). The minimum absolute atomic E-state index is 0.0660. The fourth-order valence-corrected chi connectivity index (χ4v) is 4.51. The van der Waals surface area contributed by atoms with Crippen LogP contribution in [0.15, 0.2) is 72.9 Å². The maximum atomic E-state index is 13.7. The molecule has 0 amide bonds. The SMILES string of the molecule is O=C(O)CCCc1cn(CC(=O)O)c2c(C=Cc3ccc(OCCCc4ccccc4F)cc3)cccc12. The number of halogens is 1. The Morgan fingerprint density at radius 2 is 1.61 bits per heavy atom. The second-order valence-electron chi connectivity index (χ2n) is 9.11. The predicted molar refractivity (Wildman–Crippen MR) is 146 cm³/mol. The predicted octanol–water partition coefficient (Wildman–Crippen LogP) is 6.45. The molecule has 0 saturated heterocycles. The molecule has 0 saturated carbocycles. The van der Waals surface area contributed by atoms with Crippen LogP contribution in [-0.2, 0) is 29.0 Å². The van der Waals surface area contributed by atoms with E-state index in [0.717, 1.165) is 33.3 Å². The minimum Gasteiger partial charge on any atom is -0.494 e. The molecule has 0 aliphatic carbocycles. The van der Waals surface area contributed by atoms with Crippen LogP contribution >= 0.6 is 0 Å². The van der Waals surface area contributed by atoms with Crippen molar-refractivity contribution < 1.29 is 28.9 Å². The summed E-state index contributed by atoms with van der Waals surface area (Å²) in [6.45, 7) is 0.310. The van der Waals surface area contributed by atoms with Gasteiger partial charge < -0.3 is 19.5 Å². The van der Waals surface area contributed by atoms with Gasteiger partial charge in [-0.25, -0.2) is 4.39 Å². The van der Waals surface area contributed by atoms with Gasteiger partial charge in [-0.1, -0.05) is 60.7 Å². The van der Waals surface area contributed by atoms with E-state index in [0.29, 0.717) is 37.9 Å². The molecular formula is C31H30FNO5. The van der Waals surface area contributed by atoms with Gasteiger partial charge in [-0.15, -0.1) is 0 Å². The molecule has 0 unspecified atom stereocenters. The average Bonchev–Trinajstić information content (AvgIpc) is 3.24. The topological polar surface area (TPSA) is 88.8 Å². The molecule has 4 aromatic rings. The molecule has 0 spiro atoms. The average molecular weight is 516 g/mol. The highest BCUT2D eigenvalue weighted by Gasteiger charge is 2.13. The van der Waals surface area contributed by atoms with Crippen LogP contribution in [0.25, 0.3) is 23.1 Å². The molecule has 6 nitrogen and oxygen atoms in total. The van der Waals surface area contributed by atoms with Crippen LogP contribution in [0, 0.1) is 5.82 Å². The Bertz CT molecular complexity index is 1440. The normalized spacial score (nSPS) is 11.3. The molecule has 2 N–H and O–H groups in total. The molecule has 0 aliphatic rings. The van der Waals surface area contributed by atoms with Gasteiger partial charge in [0.2, 0.25) is 0 Å². The van der Waals surface area contributed by atoms with Crippen molar-refractivity contribution in [1.82, 2.24) is 4.57 Å². The zero-order valence-corrected chi connectivity index (χ0v) is 21.0. The van der Waals surface area contributed by atoms with Crippen molar-refractivity contribution in [2.75, 3.05) is 6.61 Å². The highest BCUT2D eigenvalue weighted by atomic mass is 19.1. The first-order valence-corrected chi connectivity index (χ1v) is 12.6. The van der Waals surface area contributed by atoms with E-state index >= 15 is 0 Å². The van der Waals surface area contributed by atoms with Crippen molar-refractivity contribution in [3.63, 3.8) is 0 Å². The second-order valence-corrected chi connectivity index (χ2v) is 9.11. The van der Waals surface area contributed by atoms with Gasteiger partial charge in [0.05, 0.1) is 12.1 Å². The van der Waals surface area contributed by atoms with E-state index in [1.807, 2.05) is 66.9 Å². The third-order valence-electron chi connectivity index (χ3n) is 6.31. The first-order chi connectivity index (χ1) is 18.4. The van der Waals surface area contributed by atoms with Crippen molar-refractivity contribution in [2.45, 2.75) is 38.6 Å². The number of hydrogen-bond acceptors (Lipinski definition) is 3. The summed E-state index contributed by atoms with van der Waals surface area (Å²) in [5.74, 6) is -1.24. The van der Waals surface area contributed by atoms with Crippen LogP contribution in [0.2, 0.25) is 0 Å². The van der Waals surface area contributed by atoms with Crippen molar-refractivity contribution in [1.29, 1.82) is 0 Å². The Morgan fingerprint density at radius 1 is 0.842 bits per heavy atom. The summed E-state index contributed by atoms with van der Waals surface area (Å²) in [6.07, 6.45) is 8.16. The van der Waals surface area contributed by atoms with E-state index in [1.165, 1.54) is 6.07 Å². The van der Waals surface area contributed by atoms with Crippen molar-refractivity contribution in [3.05, 3.63) is 101 Å². The summed E-state index contributed by atoms with van der Waals surface area (Å²) in [7, 11) is 0. The van der Waals surface area contributed by atoms with Crippen LogP contribution in [0.1, 0.15) is 41.5 Å². The van der Waals surface area contributed by atoms with Crippen LogP contribution in [0.3, 0.4) is 0 Å². The molecule has 0 aliphatic heterocycles. The van der Waals surface area contributed by atoms with E-state index in [9.17, 15) is 19.1 Å². The number of carboxylic acid groups (broad SMARTS) is 2. The van der Waals surface area contributed by atoms with Gasteiger partial charge >= 0.3 is 11.9 Å². The number of rotatable bonds is 13. The van der Waals surface area contributed by atoms with E-state index < -0.39 is 11.9 Å². The Labute approximate surface area is 220 Å². The quantitative estimate of drug-likeness (QED) is 0.158. The van der Waals surface area contributed by atoms with E-state index in [-0.39, 0.29) is 18.8 Å². The van der Waals surface area contributed by atoms with Crippen molar-refractivity contribution in [2.24, 2.45) is 0 Å². The number of aryl methyl sites for hydroxylation is 2. The number of nitrogens with zero attached hydrogens (tertiary/aromatic N) is 1. The summed E-state index contributed by atoms with van der Waals surface area (Å²) in [5.41, 5.74) is 4.27. The molecule has 0 atom stereocenters. The van der Waals surface area contributed by atoms with Crippen molar-refractivity contribution >= 4 is 35.0 Å². The van der Waals surface area contributed by atoms with Gasteiger partial charge in [-0.2, -0.15) is 0 Å². The number of carbonyl (C=O) groups is 2. The van der Waals surface area contributed by atoms with Gasteiger partial charge in [0.25, 0.3) is 0 Å². The van der Waals surface area contributed by atoms with Crippen LogP contribution < -0.4 is 4.74 Å². The number of para-hydroxylation sites is 1. The van der Waals surface area contributed by atoms with Crippen molar-refractivity contribution in [3.8, 4) is 5.75 Å². The van der Waals surface area contributed by atoms with Gasteiger partial charge in [0.1, 0.15) is 18.1 Å². The third kappa shape index (κ3) is 7.09. The highest BCUT2D eigenvalue weighted by Crippen LogP contribution is 2.28. The van der Waals surface area contributed by atoms with E-state index in [2.05, 4.69) is 0 Å². The Balaban J connectivity index is 1.43. The lowest BCUT2D eigenvalue weighted by atomic mass is 10.0. The van der Waals surface area contributed by atoms with Gasteiger partial charge in [-0.05, 0) is 66.1 Å². The second kappa shape index (κ2) is 12.7. The number of hydrogen-bond donors (Lipinski definition) is 2. The lowest BCUT2D eigenvalue weighted by Gasteiger charge is -2.07. The molecule has 3 aromatic carbocycles. The molecule has 7 heteroatoms. The van der Waals surface area contributed by atoms with Gasteiger partial charge in [0, 0.05) is 18.0 Å². The zero-order chi connectivity index (χ0) is 26.9. The molecule has 1 heterocycles. The van der Waals surface area contributed by atoms with E-state index in [4.69, 9.17) is 9.84 Å². The standard InChI is InChI=1S/C31H30FNO5/c32-28-11-2-1-6-23(28)9-5-19-38-26-17-14-22(15-18-26)13-16-24-7-3-10-27-25(8-4-12-29(34)35)20-33(31(24)27)21-30(36)37/h1-3,6-7,10-11,13-18,20H,4-5,8-9,12,19,21H2,(H,34,35)(H,36,37). The summed E-state index contributed by atoms with van der Waals surface area (Å²) in [4.78, 5) is 22.4. The van der Waals surface area contributed by atoms with Crippen LogP contribution in [0.4, 0.5) is 4.39 Å². The first kappa shape index (κ1) is 26.7. The minimum atomic E-state index is -0.942. The molecule has 38 heavy (non-hydrogen) atoms. The maximum Gasteiger partial charge on any atom is 0.323 e. The summed E-state index contributed by atoms with van der Waals surface area (Å²) in [6, 6.07) is 20.2. The summed E-state index contributed by atoms with van der Waals surface area (Å²) in [5, 5.41) is 19.3. The van der Waals surface area contributed by atoms with Crippen LogP contribution in [0.5, 0.6) is 5.75 Å². The van der Waals surface area contributed by atoms with Gasteiger partial charge in [0.15, 0.2) is 0 Å². The number of aliphatic carboxylic acids is 2. The highest BCUT2D eigenvalue weighted by molar-refractivity contribution is 5.94. The van der Waals surface area contributed by atoms with E-state index in [1.54, 1.807) is 16.7 Å². The third-order valence-corrected chi connectivity index (χ3v) is 6.31. The zero-order valence-electron chi connectivity index (χ0n) is 21.0. The number of benzene rings is 3. The molecule has 0 bridgehead atoms. The lowest BCUT2D eigenvalue weighted by Crippen LogP contribution is -2.07. The van der Waals surface area contributed by atoms with Gasteiger partial charge in [-0.3, -0.25) is 9.59 Å². The molecule has 196 valence electrons. The number of fused-ring (bicyclic) bond motifs is 1. The number of ether oxygens (including phenoxy) is 1.